The standard InChI is InChI=1S/C38H42ClNO2/c1-25-18-20-33-32(17-12-22-37(33,3)36(41)42-5)38(25,4)24-31-26(2)40(34-21-19-29(39)23-30(31)34)35(27-13-8-6-9-14-27)28-15-10-7-11-16-28/h6-11,13-17,19,21,23,25,33,35H,12,18,20,22,24H2,1-5H3/t25-,33+,37+,38+/m1/s1. The SMILES string of the molecule is COC(=O)[C@@]1(C)CCC=C2[C@@H]1CC[C@@H](C)[C@]2(C)Cc1c(C)n(C(c2ccccc2)c2ccccc2)c2ccc(Cl)cc12. The van der Waals surface area contributed by atoms with Gasteiger partial charge < -0.3 is 9.30 Å². The number of ether oxygens (including phenoxy) is 1. The molecule has 0 unspecified atom stereocenters. The van der Waals surface area contributed by atoms with Crippen molar-refractivity contribution in [2.75, 3.05) is 7.11 Å². The van der Waals surface area contributed by atoms with Crippen LogP contribution in [0.3, 0.4) is 0 Å². The molecule has 2 aliphatic carbocycles. The van der Waals surface area contributed by atoms with Gasteiger partial charge in [0.2, 0.25) is 0 Å². The monoisotopic (exact) mass is 579 g/mol. The maximum atomic E-state index is 13.1. The summed E-state index contributed by atoms with van der Waals surface area (Å²) in [6.07, 6.45) is 7.26. The highest BCUT2D eigenvalue weighted by Gasteiger charge is 2.53. The van der Waals surface area contributed by atoms with Crippen molar-refractivity contribution in [3.8, 4) is 0 Å². The van der Waals surface area contributed by atoms with Gasteiger partial charge in [-0.05, 0) is 98.1 Å². The molecular weight excluding hydrogens is 538 g/mol. The molecule has 0 radical (unpaired) electrons. The molecular formula is C38H42ClNO2. The van der Waals surface area contributed by atoms with E-state index in [0.717, 1.165) is 37.1 Å². The first-order chi connectivity index (χ1) is 20.2. The van der Waals surface area contributed by atoms with Crippen LogP contribution in [0.25, 0.3) is 10.9 Å². The highest BCUT2D eigenvalue weighted by atomic mass is 35.5. The number of rotatable bonds is 6. The third-order valence-electron chi connectivity index (χ3n) is 10.8. The minimum absolute atomic E-state index is 0.0330. The zero-order valence-corrected chi connectivity index (χ0v) is 26.2. The normalized spacial score (nSPS) is 25.7. The van der Waals surface area contributed by atoms with Gasteiger partial charge in [-0.25, -0.2) is 0 Å². The number of fused-ring (bicyclic) bond motifs is 2. The average molecular weight is 580 g/mol. The molecule has 1 saturated carbocycles. The van der Waals surface area contributed by atoms with Gasteiger partial charge in [0.05, 0.1) is 18.6 Å². The predicted molar refractivity (Wildman–Crippen MR) is 173 cm³/mol. The smallest absolute Gasteiger partial charge is 0.312 e. The number of aromatic nitrogens is 1. The number of carbonyl (C=O) groups excluding carboxylic acids is 1. The zero-order chi connectivity index (χ0) is 29.6. The largest absolute Gasteiger partial charge is 0.469 e. The average Bonchev–Trinajstić information content (AvgIpc) is 3.26. The minimum Gasteiger partial charge on any atom is -0.469 e. The number of nitrogens with zero attached hydrogens (tertiary/aromatic N) is 1. The maximum Gasteiger partial charge on any atom is 0.312 e. The Kier molecular flexibility index (Phi) is 7.60. The topological polar surface area (TPSA) is 31.2 Å². The van der Waals surface area contributed by atoms with Gasteiger partial charge in [-0.1, -0.05) is 97.8 Å². The van der Waals surface area contributed by atoms with E-state index in [9.17, 15) is 4.79 Å². The second kappa shape index (κ2) is 11.1. The van der Waals surface area contributed by atoms with Crippen molar-refractivity contribution in [2.24, 2.45) is 22.7 Å². The number of hydrogen-bond donors (Lipinski definition) is 0. The summed E-state index contributed by atoms with van der Waals surface area (Å²) in [5.41, 5.74) is 7.23. The van der Waals surface area contributed by atoms with Crippen molar-refractivity contribution in [3.05, 3.63) is 118 Å². The van der Waals surface area contributed by atoms with E-state index in [0.29, 0.717) is 5.92 Å². The molecule has 0 amide bonds. The third kappa shape index (κ3) is 4.61. The first-order valence-electron chi connectivity index (χ1n) is 15.4. The molecule has 1 heterocycles. The Bertz CT molecular complexity index is 1600. The van der Waals surface area contributed by atoms with Crippen LogP contribution in [0.4, 0.5) is 0 Å². The number of benzene rings is 3. The summed E-state index contributed by atoms with van der Waals surface area (Å²) in [5.74, 6) is 0.623. The van der Waals surface area contributed by atoms with Crippen LogP contribution in [0.5, 0.6) is 0 Å². The van der Waals surface area contributed by atoms with Crippen LogP contribution >= 0.6 is 11.6 Å². The summed E-state index contributed by atoms with van der Waals surface area (Å²) >= 11 is 6.70. The van der Waals surface area contributed by atoms with Gasteiger partial charge in [0, 0.05) is 21.6 Å². The number of esters is 1. The Morgan fingerprint density at radius 3 is 2.26 bits per heavy atom. The lowest BCUT2D eigenvalue weighted by Gasteiger charge is -2.53. The minimum atomic E-state index is -0.474. The second-order valence-electron chi connectivity index (χ2n) is 13.1. The molecule has 1 aromatic heterocycles. The van der Waals surface area contributed by atoms with Crippen molar-refractivity contribution in [1.29, 1.82) is 0 Å². The van der Waals surface area contributed by atoms with E-state index < -0.39 is 5.41 Å². The number of halogens is 1. The fourth-order valence-corrected chi connectivity index (χ4v) is 8.40. The van der Waals surface area contributed by atoms with Gasteiger partial charge in [-0.15, -0.1) is 0 Å². The van der Waals surface area contributed by atoms with E-state index in [1.54, 1.807) is 0 Å². The molecule has 1 fully saturated rings. The van der Waals surface area contributed by atoms with Crippen LogP contribution in [0.2, 0.25) is 5.02 Å². The van der Waals surface area contributed by atoms with Crippen molar-refractivity contribution in [3.63, 3.8) is 0 Å². The van der Waals surface area contributed by atoms with E-state index in [-0.39, 0.29) is 23.3 Å². The Labute approximate surface area is 255 Å². The van der Waals surface area contributed by atoms with Crippen molar-refractivity contribution >= 4 is 28.5 Å². The molecule has 4 aromatic rings. The first kappa shape index (κ1) is 28.8. The van der Waals surface area contributed by atoms with E-state index in [1.165, 1.54) is 46.0 Å². The first-order valence-corrected chi connectivity index (χ1v) is 15.7. The molecule has 0 saturated heterocycles. The molecule has 4 heteroatoms. The zero-order valence-electron chi connectivity index (χ0n) is 25.5. The molecule has 3 nitrogen and oxygen atoms in total. The van der Waals surface area contributed by atoms with E-state index in [2.05, 4.69) is 111 Å². The summed E-state index contributed by atoms with van der Waals surface area (Å²) in [4.78, 5) is 13.1. The molecule has 0 N–H and O–H groups in total. The lowest BCUT2D eigenvalue weighted by molar-refractivity contribution is -0.156. The second-order valence-corrected chi connectivity index (χ2v) is 13.5. The summed E-state index contributed by atoms with van der Waals surface area (Å²) in [5, 5.41) is 1.98. The fraction of sp³-hybridized carbons (Fsp3) is 0.395. The molecule has 3 aromatic carbocycles. The Morgan fingerprint density at radius 2 is 1.64 bits per heavy atom. The number of carbonyl (C=O) groups is 1. The fourth-order valence-electron chi connectivity index (χ4n) is 8.23. The molecule has 218 valence electrons. The van der Waals surface area contributed by atoms with Gasteiger partial charge in [0.15, 0.2) is 0 Å². The predicted octanol–water partition coefficient (Wildman–Crippen LogP) is 9.74. The summed E-state index contributed by atoms with van der Waals surface area (Å²) in [6, 6.07) is 28.0. The number of allylic oxidation sites excluding steroid dienone is 2. The quantitative estimate of drug-likeness (QED) is 0.168. The molecule has 6 rings (SSSR count). The molecule has 42 heavy (non-hydrogen) atoms. The molecule has 4 atom stereocenters. The van der Waals surface area contributed by atoms with Crippen LogP contribution in [0.15, 0.2) is 90.5 Å². The van der Waals surface area contributed by atoms with Crippen LogP contribution < -0.4 is 0 Å². The number of methoxy groups -OCH3 is 1. The van der Waals surface area contributed by atoms with Crippen molar-refractivity contribution in [1.82, 2.24) is 4.57 Å². The summed E-state index contributed by atoms with van der Waals surface area (Å²) in [6.45, 7) is 9.26. The molecule has 0 bridgehead atoms. The molecule has 2 aliphatic rings. The Morgan fingerprint density at radius 1 is 1.00 bits per heavy atom. The van der Waals surface area contributed by atoms with Crippen LogP contribution in [-0.4, -0.2) is 17.6 Å². The van der Waals surface area contributed by atoms with E-state index in [1.807, 2.05) is 6.07 Å². The van der Waals surface area contributed by atoms with E-state index in [4.69, 9.17) is 16.3 Å². The van der Waals surface area contributed by atoms with Crippen molar-refractivity contribution in [2.45, 2.75) is 65.8 Å². The van der Waals surface area contributed by atoms with Gasteiger partial charge in [-0.3, -0.25) is 4.79 Å². The highest BCUT2D eigenvalue weighted by molar-refractivity contribution is 6.31. The number of hydrogen-bond acceptors (Lipinski definition) is 2. The highest BCUT2D eigenvalue weighted by Crippen LogP contribution is 2.58. The Balaban J connectivity index is 1.53. The molecule has 0 aliphatic heterocycles. The Hall–Kier alpha value is -3.30. The van der Waals surface area contributed by atoms with E-state index >= 15 is 0 Å². The third-order valence-corrected chi connectivity index (χ3v) is 11.1. The summed E-state index contributed by atoms with van der Waals surface area (Å²) < 4.78 is 7.90. The van der Waals surface area contributed by atoms with Crippen molar-refractivity contribution < 1.29 is 9.53 Å². The van der Waals surface area contributed by atoms with Gasteiger partial charge >= 0.3 is 5.97 Å². The van der Waals surface area contributed by atoms with Crippen LogP contribution in [-0.2, 0) is 16.0 Å². The van der Waals surface area contributed by atoms with Gasteiger partial charge in [0.25, 0.3) is 0 Å². The van der Waals surface area contributed by atoms with Crippen LogP contribution in [0.1, 0.15) is 74.9 Å². The van der Waals surface area contributed by atoms with Gasteiger partial charge in [0.1, 0.15) is 0 Å². The molecule has 0 spiro atoms. The summed E-state index contributed by atoms with van der Waals surface area (Å²) in [7, 11) is 1.54. The van der Waals surface area contributed by atoms with Gasteiger partial charge in [-0.2, -0.15) is 0 Å². The van der Waals surface area contributed by atoms with Crippen LogP contribution in [0, 0.1) is 29.6 Å². The lowest BCUT2D eigenvalue weighted by Crippen LogP contribution is -2.48. The lowest BCUT2D eigenvalue weighted by atomic mass is 9.51. The maximum absolute atomic E-state index is 13.1.